The van der Waals surface area contributed by atoms with Crippen LogP contribution in [0.4, 0.5) is 0 Å². The maximum absolute atomic E-state index is 11.9. The van der Waals surface area contributed by atoms with Gasteiger partial charge in [0, 0.05) is 17.1 Å². The topological polar surface area (TPSA) is 38.3 Å². The minimum Gasteiger partial charge on any atom is -0.495 e. The minimum absolute atomic E-state index is 0.171. The van der Waals surface area contributed by atoms with E-state index < -0.39 is 0 Å². The molecule has 0 unspecified atom stereocenters. The molecule has 0 saturated carbocycles. The van der Waals surface area contributed by atoms with Crippen LogP contribution in [0.5, 0.6) is 5.75 Å². The van der Waals surface area contributed by atoms with Gasteiger partial charge in [-0.25, -0.2) is 0 Å². The molecule has 0 fully saturated rings. The van der Waals surface area contributed by atoms with E-state index in [0.717, 1.165) is 15.6 Å². The fraction of sp³-hybridized carbons (Fsp3) is 0.133. The average molecular weight is 320 g/mol. The Kier molecular flexibility index (Phi) is 4.22. The molecule has 2 rings (SSSR count). The summed E-state index contributed by atoms with van der Waals surface area (Å²) in [5.41, 5.74) is 2.40. The Balaban J connectivity index is 2.67. The van der Waals surface area contributed by atoms with Gasteiger partial charge in [-0.05, 0) is 17.7 Å². The normalized spacial score (nSPS) is 10.1. The number of ether oxygens (including phenoxy) is 1. The molecule has 0 heterocycles. The molecule has 0 saturated heterocycles. The van der Waals surface area contributed by atoms with E-state index in [-0.39, 0.29) is 5.91 Å². The monoisotopic (exact) mass is 319 g/mol. The fourth-order valence-corrected chi connectivity index (χ4v) is 2.41. The van der Waals surface area contributed by atoms with Crippen molar-refractivity contribution in [3.05, 3.63) is 52.5 Å². The first-order valence-corrected chi connectivity index (χ1v) is 6.61. The molecule has 1 amide bonds. The third kappa shape index (κ3) is 2.79. The van der Waals surface area contributed by atoms with E-state index in [4.69, 9.17) is 4.74 Å². The average Bonchev–Trinajstić information content (AvgIpc) is 2.46. The summed E-state index contributed by atoms with van der Waals surface area (Å²) in [6.45, 7) is 0. The van der Waals surface area contributed by atoms with E-state index in [1.165, 1.54) is 0 Å². The van der Waals surface area contributed by atoms with Crippen LogP contribution in [0.15, 0.2) is 46.9 Å². The third-order valence-corrected chi connectivity index (χ3v) is 3.27. The lowest BCUT2D eigenvalue weighted by Gasteiger charge is -2.14. The molecule has 0 aliphatic rings. The SMILES string of the molecule is CNC(=O)c1cc(Br)cc(-c2ccccc2)c1OC. The Morgan fingerprint density at radius 3 is 2.47 bits per heavy atom. The zero-order chi connectivity index (χ0) is 13.8. The lowest BCUT2D eigenvalue weighted by Crippen LogP contribution is -2.19. The van der Waals surface area contributed by atoms with Crippen molar-refractivity contribution >= 4 is 21.8 Å². The predicted molar refractivity (Wildman–Crippen MR) is 79.5 cm³/mol. The first-order valence-electron chi connectivity index (χ1n) is 5.82. The smallest absolute Gasteiger partial charge is 0.254 e. The summed E-state index contributed by atoms with van der Waals surface area (Å²) in [4.78, 5) is 11.9. The molecule has 1 N–H and O–H groups in total. The van der Waals surface area contributed by atoms with Crippen molar-refractivity contribution in [3.8, 4) is 16.9 Å². The van der Waals surface area contributed by atoms with Gasteiger partial charge >= 0.3 is 0 Å². The van der Waals surface area contributed by atoms with Crippen molar-refractivity contribution in [2.45, 2.75) is 0 Å². The summed E-state index contributed by atoms with van der Waals surface area (Å²) in [6, 6.07) is 13.5. The van der Waals surface area contributed by atoms with Gasteiger partial charge in [-0.1, -0.05) is 46.3 Å². The summed E-state index contributed by atoms with van der Waals surface area (Å²) in [5, 5.41) is 2.62. The van der Waals surface area contributed by atoms with Crippen LogP contribution in [0.25, 0.3) is 11.1 Å². The van der Waals surface area contributed by atoms with Gasteiger partial charge in [0.1, 0.15) is 5.75 Å². The van der Waals surface area contributed by atoms with E-state index in [9.17, 15) is 4.79 Å². The van der Waals surface area contributed by atoms with Crippen molar-refractivity contribution in [1.82, 2.24) is 5.32 Å². The molecule has 0 aliphatic carbocycles. The van der Waals surface area contributed by atoms with E-state index in [1.807, 2.05) is 36.4 Å². The molecule has 0 radical (unpaired) electrons. The Labute approximate surface area is 120 Å². The summed E-state index contributed by atoms with van der Waals surface area (Å²) < 4.78 is 6.27. The molecule has 0 atom stereocenters. The van der Waals surface area contributed by atoms with Crippen molar-refractivity contribution in [1.29, 1.82) is 0 Å². The van der Waals surface area contributed by atoms with E-state index in [1.54, 1.807) is 20.2 Å². The second kappa shape index (κ2) is 5.89. The standard InChI is InChI=1S/C15H14BrNO2/c1-17-15(18)13-9-11(16)8-12(14(13)19-2)10-6-4-3-5-7-10/h3-9H,1-2H3,(H,17,18). The lowest BCUT2D eigenvalue weighted by molar-refractivity contribution is 0.0960. The molecular formula is C15H14BrNO2. The summed E-state index contributed by atoms with van der Waals surface area (Å²) in [5.74, 6) is 0.407. The molecule has 0 spiro atoms. The van der Waals surface area contributed by atoms with Crippen LogP contribution in [0.3, 0.4) is 0 Å². The number of halogens is 1. The largest absolute Gasteiger partial charge is 0.495 e. The van der Waals surface area contributed by atoms with Gasteiger partial charge < -0.3 is 10.1 Å². The second-order valence-electron chi connectivity index (χ2n) is 3.98. The number of amides is 1. The molecule has 3 nitrogen and oxygen atoms in total. The van der Waals surface area contributed by atoms with Gasteiger partial charge in [-0.2, -0.15) is 0 Å². The lowest BCUT2D eigenvalue weighted by atomic mass is 10.0. The first-order chi connectivity index (χ1) is 9.17. The molecule has 0 aromatic heterocycles. The van der Waals surface area contributed by atoms with Crippen LogP contribution in [0, 0.1) is 0 Å². The van der Waals surface area contributed by atoms with Crippen LogP contribution >= 0.6 is 15.9 Å². The van der Waals surface area contributed by atoms with Crippen molar-refractivity contribution in [2.75, 3.05) is 14.2 Å². The number of carbonyl (C=O) groups excluding carboxylic acids is 1. The van der Waals surface area contributed by atoms with Crippen LogP contribution in [0.1, 0.15) is 10.4 Å². The van der Waals surface area contributed by atoms with Crippen LogP contribution in [-0.2, 0) is 0 Å². The number of hydrogen-bond donors (Lipinski definition) is 1. The van der Waals surface area contributed by atoms with E-state index >= 15 is 0 Å². The number of carbonyl (C=O) groups is 1. The van der Waals surface area contributed by atoms with Crippen LogP contribution in [-0.4, -0.2) is 20.1 Å². The summed E-state index contributed by atoms with van der Waals surface area (Å²) in [6.07, 6.45) is 0. The Morgan fingerprint density at radius 2 is 1.89 bits per heavy atom. The zero-order valence-corrected chi connectivity index (χ0v) is 12.3. The number of rotatable bonds is 3. The molecule has 19 heavy (non-hydrogen) atoms. The first kappa shape index (κ1) is 13.6. The van der Waals surface area contributed by atoms with Gasteiger partial charge in [-0.3, -0.25) is 4.79 Å². The molecule has 2 aromatic carbocycles. The highest BCUT2D eigenvalue weighted by Crippen LogP contribution is 2.36. The molecule has 0 bridgehead atoms. The highest BCUT2D eigenvalue weighted by molar-refractivity contribution is 9.10. The quantitative estimate of drug-likeness (QED) is 0.940. The Bertz CT molecular complexity index is 597. The van der Waals surface area contributed by atoms with Crippen molar-refractivity contribution in [3.63, 3.8) is 0 Å². The molecule has 2 aromatic rings. The Hall–Kier alpha value is -1.81. The van der Waals surface area contributed by atoms with Crippen molar-refractivity contribution < 1.29 is 9.53 Å². The fourth-order valence-electron chi connectivity index (χ4n) is 1.95. The highest BCUT2D eigenvalue weighted by atomic mass is 79.9. The molecular weight excluding hydrogens is 306 g/mol. The molecule has 4 heteroatoms. The molecule has 98 valence electrons. The maximum atomic E-state index is 11.9. The predicted octanol–water partition coefficient (Wildman–Crippen LogP) is 3.48. The third-order valence-electron chi connectivity index (χ3n) is 2.81. The van der Waals surface area contributed by atoms with Crippen LogP contribution < -0.4 is 10.1 Å². The second-order valence-corrected chi connectivity index (χ2v) is 4.89. The van der Waals surface area contributed by atoms with Crippen molar-refractivity contribution in [2.24, 2.45) is 0 Å². The Morgan fingerprint density at radius 1 is 1.21 bits per heavy atom. The van der Waals surface area contributed by atoms with E-state index in [0.29, 0.717) is 11.3 Å². The van der Waals surface area contributed by atoms with Gasteiger partial charge in [0.25, 0.3) is 5.91 Å². The number of benzene rings is 2. The highest BCUT2D eigenvalue weighted by Gasteiger charge is 2.17. The van der Waals surface area contributed by atoms with Gasteiger partial charge in [0.2, 0.25) is 0 Å². The van der Waals surface area contributed by atoms with Gasteiger partial charge in [0.05, 0.1) is 12.7 Å². The number of nitrogens with one attached hydrogen (secondary N) is 1. The molecule has 0 aliphatic heterocycles. The van der Waals surface area contributed by atoms with E-state index in [2.05, 4.69) is 21.2 Å². The maximum Gasteiger partial charge on any atom is 0.254 e. The number of methoxy groups -OCH3 is 1. The summed E-state index contributed by atoms with van der Waals surface area (Å²) >= 11 is 3.44. The van der Waals surface area contributed by atoms with Crippen LogP contribution in [0.2, 0.25) is 0 Å². The summed E-state index contributed by atoms with van der Waals surface area (Å²) in [7, 11) is 3.17. The minimum atomic E-state index is -0.171. The number of hydrogen-bond acceptors (Lipinski definition) is 2. The zero-order valence-electron chi connectivity index (χ0n) is 10.7. The van der Waals surface area contributed by atoms with Gasteiger partial charge in [0.15, 0.2) is 0 Å². The van der Waals surface area contributed by atoms with Gasteiger partial charge in [-0.15, -0.1) is 0 Å².